The van der Waals surface area contributed by atoms with E-state index in [1.165, 1.54) is 23.5 Å². The monoisotopic (exact) mass is 411 g/mol. The molecule has 3 aromatic carbocycles. The molecular formula is C22H21NO5S. The van der Waals surface area contributed by atoms with E-state index in [2.05, 4.69) is 0 Å². The van der Waals surface area contributed by atoms with Crippen LogP contribution in [0.5, 0.6) is 5.75 Å². The van der Waals surface area contributed by atoms with Gasteiger partial charge in [-0.25, -0.2) is 13.2 Å². The Bertz CT molecular complexity index is 1110. The van der Waals surface area contributed by atoms with Crippen LogP contribution in [0.3, 0.4) is 0 Å². The predicted molar refractivity (Wildman–Crippen MR) is 112 cm³/mol. The fourth-order valence-electron chi connectivity index (χ4n) is 3.07. The minimum absolute atomic E-state index is 0.0920. The maximum Gasteiger partial charge on any atom is 0.335 e. The average Bonchev–Trinajstić information content (AvgIpc) is 2.74. The van der Waals surface area contributed by atoms with Crippen LogP contribution in [0.25, 0.3) is 11.1 Å². The van der Waals surface area contributed by atoms with Crippen LogP contribution in [0, 0.1) is 0 Å². The second kappa shape index (κ2) is 8.36. The fraction of sp³-hybridized carbons (Fsp3) is 0.136. The number of rotatable bonds is 7. The molecular weight excluding hydrogens is 390 g/mol. The number of sulfonamides is 1. The van der Waals surface area contributed by atoms with Crippen molar-refractivity contribution in [1.82, 2.24) is 0 Å². The third-order valence-corrected chi connectivity index (χ3v) is 6.45. The molecule has 0 atom stereocenters. The Kier molecular flexibility index (Phi) is 5.89. The zero-order valence-electron chi connectivity index (χ0n) is 16.1. The molecule has 3 rings (SSSR count). The summed E-state index contributed by atoms with van der Waals surface area (Å²) in [4.78, 5) is 11.1. The molecule has 0 aliphatic heterocycles. The number of anilines is 1. The lowest BCUT2D eigenvalue weighted by Gasteiger charge is -2.24. The Morgan fingerprint density at radius 3 is 2.14 bits per heavy atom. The molecule has 0 aliphatic carbocycles. The molecule has 0 aromatic heterocycles. The standard InChI is InChI=1S/C22H21NO5S/c1-3-23(19-12-9-17(10-13-19)16-7-5-4-6-8-16)29(26,27)21-15-18(22(24)25)11-14-20(21)28-2/h4-15H,3H2,1-2H3,(H,24,25). The van der Waals surface area contributed by atoms with Gasteiger partial charge in [0.2, 0.25) is 0 Å². The number of hydrogen-bond donors (Lipinski definition) is 1. The summed E-state index contributed by atoms with van der Waals surface area (Å²) >= 11 is 0. The molecule has 7 heteroatoms. The number of methoxy groups -OCH3 is 1. The molecule has 3 aromatic rings. The lowest BCUT2D eigenvalue weighted by atomic mass is 10.1. The van der Waals surface area contributed by atoms with Crippen molar-refractivity contribution in [3.8, 4) is 16.9 Å². The number of nitrogens with zero attached hydrogens (tertiary/aromatic N) is 1. The van der Waals surface area contributed by atoms with Crippen molar-refractivity contribution in [3.63, 3.8) is 0 Å². The highest BCUT2D eigenvalue weighted by molar-refractivity contribution is 7.93. The predicted octanol–water partition coefficient (Wildman–Crippen LogP) is 4.28. The van der Waals surface area contributed by atoms with Crippen molar-refractivity contribution < 1.29 is 23.1 Å². The van der Waals surface area contributed by atoms with Crippen LogP contribution >= 0.6 is 0 Å². The van der Waals surface area contributed by atoms with Crippen LogP contribution in [0.4, 0.5) is 5.69 Å². The molecule has 0 unspecified atom stereocenters. The summed E-state index contributed by atoms with van der Waals surface area (Å²) in [5.74, 6) is -1.12. The van der Waals surface area contributed by atoms with Crippen molar-refractivity contribution in [2.75, 3.05) is 18.0 Å². The molecule has 0 bridgehead atoms. The summed E-state index contributed by atoms with van der Waals surface area (Å²) < 4.78 is 33.1. The van der Waals surface area contributed by atoms with E-state index >= 15 is 0 Å². The molecule has 29 heavy (non-hydrogen) atoms. The van der Waals surface area contributed by atoms with Crippen LogP contribution in [-0.4, -0.2) is 33.1 Å². The summed E-state index contributed by atoms with van der Waals surface area (Å²) in [5.41, 5.74) is 2.35. The van der Waals surface area contributed by atoms with Crippen molar-refractivity contribution >= 4 is 21.7 Å². The van der Waals surface area contributed by atoms with E-state index in [1.807, 2.05) is 42.5 Å². The van der Waals surface area contributed by atoms with Gasteiger partial charge in [0.05, 0.1) is 18.4 Å². The van der Waals surface area contributed by atoms with E-state index in [0.717, 1.165) is 17.2 Å². The Labute approximate surface area is 170 Å². The van der Waals surface area contributed by atoms with Gasteiger partial charge in [-0.15, -0.1) is 0 Å². The first-order valence-corrected chi connectivity index (χ1v) is 10.4. The van der Waals surface area contributed by atoms with E-state index in [9.17, 15) is 18.3 Å². The Hall–Kier alpha value is -3.32. The number of aromatic carboxylic acids is 1. The molecule has 0 saturated heterocycles. The average molecular weight is 411 g/mol. The third-order valence-electron chi connectivity index (χ3n) is 4.53. The second-order valence-electron chi connectivity index (χ2n) is 6.25. The van der Waals surface area contributed by atoms with Crippen molar-refractivity contribution in [1.29, 1.82) is 0 Å². The third kappa shape index (κ3) is 4.09. The first-order valence-electron chi connectivity index (χ1n) is 8.98. The number of ether oxygens (including phenoxy) is 1. The summed E-state index contributed by atoms with van der Waals surface area (Å²) in [6, 6.07) is 20.7. The van der Waals surface area contributed by atoms with Gasteiger partial charge in [-0.2, -0.15) is 0 Å². The topological polar surface area (TPSA) is 83.9 Å². The van der Waals surface area contributed by atoms with E-state index in [4.69, 9.17) is 4.74 Å². The Balaban J connectivity index is 2.03. The molecule has 0 heterocycles. The lowest BCUT2D eigenvalue weighted by Crippen LogP contribution is -2.31. The zero-order valence-corrected chi connectivity index (χ0v) is 16.9. The first kappa shape index (κ1) is 20.4. The van der Waals surface area contributed by atoms with Gasteiger partial charge in [0.25, 0.3) is 10.0 Å². The van der Waals surface area contributed by atoms with Gasteiger partial charge in [0.15, 0.2) is 0 Å². The van der Waals surface area contributed by atoms with Gasteiger partial charge in [-0.3, -0.25) is 4.31 Å². The number of carboxylic acid groups (broad SMARTS) is 1. The summed E-state index contributed by atoms with van der Waals surface area (Å²) in [6.45, 7) is 1.89. The largest absolute Gasteiger partial charge is 0.495 e. The molecule has 0 saturated carbocycles. The van der Waals surface area contributed by atoms with Crippen molar-refractivity contribution in [2.24, 2.45) is 0 Å². The number of benzene rings is 3. The molecule has 0 spiro atoms. The minimum atomic E-state index is -4.04. The highest BCUT2D eigenvalue weighted by Crippen LogP contribution is 2.32. The van der Waals surface area contributed by atoms with Crippen molar-refractivity contribution in [2.45, 2.75) is 11.8 Å². The highest BCUT2D eigenvalue weighted by atomic mass is 32.2. The number of carboxylic acids is 1. The van der Waals surface area contributed by atoms with Gasteiger partial charge in [-0.05, 0) is 48.4 Å². The minimum Gasteiger partial charge on any atom is -0.495 e. The van der Waals surface area contributed by atoms with E-state index in [-0.39, 0.29) is 22.8 Å². The molecule has 0 aliphatic rings. The van der Waals surface area contributed by atoms with E-state index < -0.39 is 16.0 Å². The fourth-order valence-corrected chi connectivity index (χ4v) is 4.73. The summed E-state index contributed by atoms with van der Waals surface area (Å²) in [6.07, 6.45) is 0. The lowest BCUT2D eigenvalue weighted by molar-refractivity contribution is 0.0696. The zero-order chi connectivity index (χ0) is 21.0. The van der Waals surface area contributed by atoms with Crippen molar-refractivity contribution in [3.05, 3.63) is 78.4 Å². The van der Waals surface area contributed by atoms with Gasteiger partial charge >= 0.3 is 5.97 Å². The maximum absolute atomic E-state index is 13.3. The molecule has 6 nitrogen and oxygen atoms in total. The van der Waals surface area contributed by atoms with Gasteiger partial charge in [0.1, 0.15) is 10.6 Å². The maximum atomic E-state index is 13.3. The Morgan fingerprint density at radius 1 is 0.966 bits per heavy atom. The van der Waals surface area contributed by atoms with Gasteiger partial charge in [-0.1, -0.05) is 42.5 Å². The molecule has 0 amide bonds. The second-order valence-corrected chi connectivity index (χ2v) is 8.08. The first-order chi connectivity index (χ1) is 13.9. The number of carbonyl (C=O) groups is 1. The van der Waals surface area contributed by atoms with Crippen LogP contribution in [0.2, 0.25) is 0 Å². The molecule has 150 valence electrons. The van der Waals surface area contributed by atoms with E-state index in [0.29, 0.717) is 5.69 Å². The highest BCUT2D eigenvalue weighted by Gasteiger charge is 2.28. The normalized spacial score (nSPS) is 11.1. The molecule has 1 N–H and O–H groups in total. The summed E-state index contributed by atoms with van der Waals surface area (Å²) in [7, 11) is -2.69. The van der Waals surface area contributed by atoms with Gasteiger partial charge < -0.3 is 9.84 Å². The van der Waals surface area contributed by atoms with Crippen LogP contribution in [0.1, 0.15) is 17.3 Å². The molecule has 0 radical (unpaired) electrons. The van der Waals surface area contributed by atoms with Gasteiger partial charge in [0, 0.05) is 6.54 Å². The van der Waals surface area contributed by atoms with E-state index in [1.54, 1.807) is 19.1 Å². The van der Waals surface area contributed by atoms with Crippen LogP contribution in [0.15, 0.2) is 77.7 Å². The number of hydrogen-bond acceptors (Lipinski definition) is 4. The Morgan fingerprint density at radius 2 is 1.59 bits per heavy atom. The quantitative estimate of drug-likeness (QED) is 0.627. The SMILES string of the molecule is CCN(c1ccc(-c2ccccc2)cc1)S(=O)(=O)c1cc(C(=O)O)ccc1OC. The van der Waals surface area contributed by atoms with Crippen LogP contribution < -0.4 is 9.04 Å². The molecule has 0 fully saturated rings. The van der Waals surface area contributed by atoms with Crippen LogP contribution in [-0.2, 0) is 10.0 Å². The summed E-state index contributed by atoms with van der Waals surface area (Å²) in [5, 5.41) is 9.24. The smallest absolute Gasteiger partial charge is 0.335 e.